The monoisotopic (exact) mass is 760 g/mol. The summed E-state index contributed by atoms with van der Waals surface area (Å²) in [7, 11) is 0. The molecule has 0 aliphatic carbocycles. The lowest BCUT2D eigenvalue weighted by atomic mass is 9.85. The molecule has 0 bridgehead atoms. The van der Waals surface area contributed by atoms with E-state index in [2.05, 4.69) is 40.6 Å². The van der Waals surface area contributed by atoms with Crippen molar-refractivity contribution >= 4 is 58.0 Å². The topological polar surface area (TPSA) is 183 Å². The Balaban J connectivity index is 1.08. The maximum Gasteiger partial charge on any atom is 0.253 e. The van der Waals surface area contributed by atoms with Gasteiger partial charge < -0.3 is 36.2 Å². The molecule has 2 aliphatic rings. The molecule has 2 aliphatic heterocycles. The largest absolute Gasteiger partial charge is 0.391 e. The van der Waals surface area contributed by atoms with E-state index in [9.17, 15) is 19.5 Å². The molecule has 6 rings (SSSR count). The number of aliphatic hydroxyl groups excluding tert-OH is 1. The van der Waals surface area contributed by atoms with Crippen molar-refractivity contribution in [1.29, 1.82) is 0 Å². The van der Waals surface area contributed by atoms with E-state index < -0.39 is 35.4 Å². The number of nitrogen functional groups attached to an aromatic ring is 1. The number of nitrogens with two attached hydrogens (primary N) is 1. The summed E-state index contributed by atoms with van der Waals surface area (Å²) in [6, 6.07) is 10.9. The van der Waals surface area contributed by atoms with E-state index in [0.29, 0.717) is 43.4 Å². The Hall–Kier alpha value is -4.86. The number of thiazole rings is 1. The van der Waals surface area contributed by atoms with Crippen molar-refractivity contribution < 1.29 is 19.5 Å². The number of benzene rings is 1. The minimum absolute atomic E-state index is 0.0164. The molecule has 0 spiro atoms. The third-order valence-corrected chi connectivity index (χ3v) is 10.9. The predicted octanol–water partition coefficient (Wildman–Crippen LogP) is 3.85. The summed E-state index contributed by atoms with van der Waals surface area (Å²) in [6.45, 7) is 12.0. The number of aliphatic hydroxyl groups is 1. The lowest BCUT2D eigenvalue weighted by Crippen LogP contribution is -2.57. The Kier molecular flexibility index (Phi) is 11.2. The van der Waals surface area contributed by atoms with Crippen LogP contribution in [0.3, 0.4) is 0 Å². The minimum atomic E-state index is -0.980. The van der Waals surface area contributed by atoms with Gasteiger partial charge in [-0.05, 0) is 42.5 Å². The number of carbonyl (C=O) groups is 3. The van der Waals surface area contributed by atoms with E-state index in [-0.39, 0.29) is 30.1 Å². The van der Waals surface area contributed by atoms with E-state index in [4.69, 9.17) is 17.3 Å². The molecule has 16 heteroatoms. The third-order valence-electron chi connectivity index (χ3n) is 9.76. The van der Waals surface area contributed by atoms with Gasteiger partial charge >= 0.3 is 0 Å². The first-order valence-electron chi connectivity index (χ1n) is 17.5. The normalized spacial score (nSPS) is 18.8. The quantitative estimate of drug-likeness (QED) is 0.195. The maximum absolute atomic E-state index is 14.1. The molecule has 5 N–H and O–H groups in total. The highest BCUT2D eigenvalue weighted by atomic mass is 35.5. The summed E-state index contributed by atoms with van der Waals surface area (Å²) in [5.74, 6) is -0.241. The molecule has 280 valence electrons. The van der Waals surface area contributed by atoms with E-state index in [1.807, 2.05) is 64.4 Å². The first-order valence-corrected chi connectivity index (χ1v) is 18.8. The van der Waals surface area contributed by atoms with Crippen molar-refractivity contribution in [2.24, 2.45) is 5.41 Å². The molecule has 0 radical (unpaired) electrons. The number of halogens is 1. The number of nitrogens with one attached hydrogen (secondary N) is 2. The van der Waals surface area contributed by atoms with Crippen LogP contribution in [-0.4, -0.2) is 98.8 Å². The van der Waals surface area contributed by atoms with Gasteiger partial charge in [-0.3, -0.25) is 14.4 Å². The lowest BCUT2D eigenvalue weighted by Gasteiger charge is -2.37. The van der Waals surface area contributed by atoms with Crippen molar-refractivity contribution in [2.75, 3.05) is 48.3 Å². The highest BCUT2D eigenvalue weighted by Gasteiger charge is 2.45. The SMILES string of the molecule is Cc1ncsc1-c1ccc([C@H](C)NC(=O)[C@@H]2C[C@@H](O)CN2C(=O)C(NC(=O)c2ccc(N3CCN(c4cc(Cl)nnc4N)CC3)nc2)C(C)(C)C)cc1. The van der Waals surface area contributed by atoms with Crippen LogP contribution in [0.1, 0.15) is 61.8 Å². The van der Waals surface area contributed by atoms with Crippen molar-refractivity contribution in [3.05, 3.63) is 76.1 Å². The highest BCUT2D eigenvalue weighted by Crippen LogP contribution is 2.30. The van der Waals surface area contributed by atoms with Crippen LogP contribution < -0.4 is 26.2 Å². The Labute approximate surface area is 317 Å². The van der Waals surface area contributed by atoms with Crippen molar-refractivity contribution in [1.82, 2.24) is 35.7 Å². The van der Waals surface area contributed by atoms with Gasteiger partial charge in [-0.2, -0.15) is 0 Å². The maximum atomic E-state index is 14.1. The van der Waals surface area contributed by atoms with Gasteiger partial charge in [0.1, 0.15) is 17.9 Å². The summed E-state index contributed by atoms with van der Waals surface area (Å²) in [6.07, 6.45) is 0.714. The van der Waals surface area contributed by atoms with E-state index >= 15 is 0 Å². The van der Waals surface area contributed by atoms with E-state index in [1.165, 1.54) is 11.1 Å². The number of aromatic nitrogens is 4. The number of carbonyl (C=O) groups excluding carboxylic acids is 3. The second-order valence-electron chi connectivity index (χ2n) is 14.6. The molecule has 1 aromatic carbocycles. The number of amides is 3. The second-order valence-corrected chi connectivity index (χ2v) is 15.8. The van der Waals surface area contributed by atoms with Gasteiger partial charge in [-0.15, -0.1) is 21.5 Å². The molecule has 3 amide bonds. The lowest BCUT2D eigenvalue weighted by molar-refractivity contribution is -0.142. The molecule has 53 heavy (non-hydrogen) atoms. The van der Waals surface area contributed by atoms with Crippen LogP contribution in [0.4, 0.5) is 17.3 Å². The number of rotatable bonds is 9. The molecular formula is C37H45ClN10O4S. The van der Waals surface area contributed by atoms with Crippen LogP contribution in [0.5, 0.6) is 0 Å². The van der Waals surface area contributed by atoms with Crippen LogP contribution >= 0.6 is 22.9 Å². The number of aryl methyl sites for hydroxylation is 1. The third kappa shape index (κ3) is 8.53. The van der Waals surface area contributed by atoms with Gasteiger partial charge in [0.15, 0.2) is 11.0 Å². The van der Waals surface area contributed by atoms with Gasteiger partial charge in [0, 0.05) is 51.4 Å². The zero-order chi connectivity index (χ0) is 38.0. The van der Waals surface area contributed by atoms with Crippen LogP contribution in [0, 0.1) is 12.3 Å². The minimum Gasteiger partial charge on any atom is -0.391 e. The summed E-state index contributed by atoms with van der Waals surface area (Å²) < 4.78 is 0. The van der Waals surface area contributed by atoms with Crippen molar-refractivity contribution in [3.8, 4) is 10.4 Å². The number of likely N-dealkylation sites (tertiary alicyclic amines) is 1. The highest BCUT2D eigenvalue weighted by molar-refractivity contribution is 7.13. The molecule has 2 fully saturated rings. The zero-order valence-electron chi connectivity index (χ0n) is 30.4. The van der Waals surface area contributed by atoms with Crippen LogP contribution in [0.15, 0.2) is 54.2 Å². The first-order chi connectivity index (χ1) is 25.2. The Bertz CT molecular complexity index is 1940. The van der Waals surface area contributed by atoms with Gasteiger partial charge in [-0.25, -0.2) is 9.97 Å². The molecule has 1 unspecified atom stereocenters. The molecule has 5 heterocycles. The number of piperazine rings is 1. The van der Waals surface area contributed by atoms with Crippen LogP contribution in [0.25, 0.3) is 10.4 Å². The van der Waals surface area contributed by atoms with Crippen molar-refractivity contribution in [2.45, 2.75) is 65.3 Å². The smallest absolute Gasteiger partial charge is 0.253 e. The summed E-state index contributed by atoms with van der Waals surface area (Å²) in [5, 5.41) is 24.5. The number of pyridine rings is 1. The Morgan fingerprint density at radius 1 is 1.00 bits per heavy atom. The van der Waals surface area contributed by atoms with Crippen molar-refractivity contribution in [3.63, 3.8) is 0 Å². The van der Waals surface area contributed by atoms with Gasteiger partial charge in [0.05, 0.1) is 39.5 Å². The summed E-state index contributed by atoms with van der Waals surface area (Å²) in [5.41, 5.74) is 11.1. The number of β-amino-alcohol motifs (C(OH)–C–C–N with tert-alkyl or cyclic N) is 1. The molecule has 4 atom stereocenters. The number of hydrogen-bond acceptors (Lipinski definition) is 12. The first kappa shape index (κ1) is 37.9. The fraction of sp³-hybridized carbons (Fsp3) is 0.432. The van der Waals surface area contributed by atoms with Crippen LogP contribution in [0.2, 0.25) is 5.15 Å². The molecule has 3 aromatic heterocycles. The Morgan fingerprint density at radius 3 is 2.32 bits per heavy atom. The molecule has 14 nitrogen and oxygen atoms in total. The standard InChI is InChI=1S/C37H45ClN10O4S/c1-21(23-6-8-24(9-7-23)31-22(2)41-20-53-31)42-35(51)28-16-26(49)19-48(28)36(52)32(37(3,4)5)43-34(50)25-10-11-30(40-18-25)47-14-12-46(13-15-47)27-17-29(38)44-45-33(27)39/h6-11,17-18,20-21,26,28,32,49H,12-16,19H2,1-5H3,(H2,39,45)(H,42,51)(H,43,50)/t21-,26+,28-,32?/m0/s1. The zero-order valence-corrected chi connectivity index (χ0v) is 32.0. The molecule has 2 saturated heterocycles. The second kappa shape index (κ2) is 15.6. The van der Waals surface area contributed by atoms with Gasteiger partial charge in [0.2, 0.25) is 11.8 Å². The average molecular weight is 761 g/mol. The number of anilines is 3. The number of hydrogen-bond donors (Lipinski definition) is 4. The van der Waals surface area contributed by atoms with Crippen LogP contribution in [-0.2, 0) is 9.59 Å². The van der Waals surface area contributed by atoms with Gasteiger partial charge in [-0.1, -0.05) is 56.6 Å². The van der Waals surface area contributed by atoms with E-state index in [1.54, 1.807) is 29.5 Å². The fourth-order valence-corrected chi connectivity index (χ4v) is 7.69. The molecule has 0 saturated carbocycles. The number of nitrogens with zero attached hydrogens (tertiary/aromatic N) is 7. The van der Waals surface area contributed by atoms with E-state index in [0.717, 1.165) is 27.4 Å². The Morgan fingerprint density at radius 2 is 1.70 bits per heavy atom. The average Bonchev–Trinajstić information content (AvgIpc) is 3.76. The molecule has 4 aromatic rings. The summed E-state index contributed by atoms with van der Waals surface area (Å²) in [4.78, 5) is 56.9. The molecular weight excluding hydrogens is 716 g/mol. The fourth-order valence-electron chi connectivity index (χ4n) is 6.74. The summed E-state index contributed by atoms with van der Waals surface area (Å²) >= 11 is 7.61. The van der Waals surface area contributed by atoms with Gasteiger partial charge in [0.25, 0.3) is 5.91 Å². The predicted molar refractivity (Wildman–Crippen MR) is 206 cm³/mol.